The van der Waals surface area contributed by atoms with E-state index in [-0.39, 0.29) is 23.0 Å². The minimum absolute atomic E-state index is 0.0840. The number of carbonyl (C=O) groups excluding carboxylic acids is 1. The van der Waals surface area contributed by atoms with Crippen molar-refractivity contribution in [2.75, 3.05) is 0 Å². The first-order chi connectivity index (χ1) is 10.1. The van der Waals surface area contributed by atoms with Crippen LogP contribution >= 0.6 is 0 Å². The highest BCUT2D eigenvalue weighted by Gasteiger charge is 2.61. The fourth-order valence-electron chi connectivity index (χ4n) is 4.13. The number of likely N-dealkylation sites (tertiary alicyclic amines) is 1. The Morgan fingerprint density at radius 2 is 1.39 bits per heavy atom. The van der Waals surface area contributed by atoms with Gasteiger partial charge >= 0.3 is 0 Å². The van der Waals surface area contributed by atoms with Gasteiger partial charge in [-0.15, -0.1) is 0 Å². The van der Waals surface area contributed by atoms with Crippen LogP contribution in [-0.2, 0) is 4.79 Å². The predicted molar refractivity (Wildman–Crippen MR) is 104 cm³/mol. The maximum atomic E-state index is 13.1. The molecule has 6 heteroatoms. The molecular weight excluding hydrogens is 318 g/mol. The highest BCUT2D eigenvalue weighted by Crippen LogP contribution is 2.43. The zero-order chi connectivity index (χ0) is 18.0. The Kier molecular flexibility index (Phi) is 4.32. The smallest absolute Gasteiger partial charge is 0.252 e. The van der Waals surface area contributed by atoms with Crippen molar-refractivity contribution < 1.29 is 4.79 Å². The first kappa shape index (κ1) is 18.9. The molecule has 2 saturated heterocycles. The molecule has 1 atom stereocenters. The molecule has 0 saturated carbocycles. The average Bonchev–Trinajstić information content (AvgIpc) is 2.48. The molecule has 0 bridgehead atoms. The molecule has 0 radical (unpaired) electrons. The third-order valence-electron chi connectivity index (χ3n) is 4.96. The van der Waals surface area contributed by atoms with E-state index in [4.69, 9.17) is 4.99 Å². The van der Waals surface area contributed by atoms with Gasteiger partial charge in [0.1, 0.15) is 28.3 Å². The van der Waals surface area contributed by atoms with E-state index in [1.165, 1.54) is 12.1 Å². The third kappa shape index (κ3) is 3.35. The number of β-lactam (4-membered cyclic amide) rings is 1. The molecule has 1 amide bonds. The summed E-state index contributed by atoms with van der Waals surface area (Å²) in [6.45, 7) is 22.4. The normalized spacial score (nSPS) is 30.0. The van der Waals surface area contributed by atoms with Gasteiger partial charge in [-0.05, 0) is 53.6 Å². The predicted octanol–water partition coefficient (Wildman–Crippen LogP) is 3.92. The van der Waals surface area contributed by atoms with Crippen LogP contribution in [0.25, 0.3) is 0 Å². The highest BCUT2D eigenvalue weighted by atomic mass is 28.4. The quantitative estimate of drug-likeness (QED) is 0.529. The van der Waals surface area contributed by atoms with Crippen LogP contribution in [0.1, 0.15) is 41.5 Å². The van der Waals surface area contributed by atoms with Gasteiger partial charge in [-0.1, -0.05) is 26.2 Å². The summed E-state index contributed by atoms with van der Waals surface area (Å²) in [6, 6.07) is 2.54. The Hall–Kier alpha value is -0.466. The lowest BCUT2D eigenvalue weighted by Crippen LogP contribution is -2.78. The van der Waals surface area contributed by atoms with Gasteiger partial charge in [-0.2, -0.15) is 0 Å². The summed E-state index contributed by atoms with van der Waals surface area (Å²) in [5.41, 5.74) is -0.357. The Balaban J connectivity index is 2.50. The van der Waals surface area contributed by atoms with Crippen LogP contribution in [0.15, 0.2) is 4.99 Å². The second-order valence-corrected chi connectivity index (χ2v) is 20.0. The molecule has 0 aromatic rings. The van der Waals surface area contributed by atoms with Gasteiger partial charge in [-0.25, -0.2) is 0 Å². The molecular formula is C17H35N3OSi2. The summed E-state index contributed by atoms with van der Waals surface area (Å²) >= 11 is 0. The van der Waals surface area contributed by atoms with Crippen LogP contribution in [0.4, 0.5) is 0 Å². The summed E-state index contributed by atoms with van der Waals surface area (Å²) < 4.78 is 2.69. The van der Waals surface area contributed by atoms with Crippen molar-refractivity contribution in [3.05, 3.63) is 0 Å². The van der Waals surface area contributed by atoms with Crippen molar-refractivity contribution in [2.45, 2.75) is 96.9 Å². The summed E-state index contributed by atoms with van der Waals surface area (Å²) in [5.74, 6) is 1.28. The SMILES string of the molecule is CC(C)(C)N=C1C(N2[Si](C)(C)CC[Si]2(C)C)C(=O)N1C(C)(C)C. The molecule has 2 fully saturated rings. The molecule has 0 aliphatic carbocycles. The van der Waals surface area contributed by atoms with Crippen molar-refractivity contribution in [1.82, 2.24) is 9.13 Å². The van der Waals surface area contributed by atoms with E-state index >= 15 is 0 Å². The van der Waals surface area contributed by atoms with Gasteiger partial charge in [0.2, 0.25) is 0 Å². The lowest BCUT2D eigenvalue weighted by atomic mass is 9.94. The number of hydrogen-bond donors (Lipinski definition) is 0. The Morgan fingerprint density at radius 1 is 0.957 bits per heavy atom. The van der Waals surface area contributed by atoms with Gasteiger partial charge in [0.05, 0.1) is 5.54 Å². The van der Waals surface area contributed by atoms with Crippen molar-refractivity contribution in [1.29, 1.82) is 0 Å². The van der Waals surface area contributed by atoms with Crippen molar-refractivity contribution >= 4 is 28.2 Å². The lowest BCUT2D eigenvalue weighted by molar-refractivity contribution is -0.138. The van der Waals surface area contributed by atoms with E-state index in [0.717, 1.165) is 5.84 Å². The second kappa shape index (κ2) is 5.26. The molecule has 2 aliphatic rings. The van der Waals surface area contributed by atoms with Crippen LogP contribution in [0.3, 0.4) is 0 Å². The first-order valence-electron chi connectivity index (χ1n) is 8.81. The molecule has 2 rings (SSSR count). The van der Waals surface area contributed by atoms with E-state index in [9.17, 15) is 4.79 Å². The molecule has 0 spiro atoms. The number of carbonyl (C=O) groups is 1. The van der Waals surface area contributed by atoms with Crippen molar-refractivity contribution in [3.63, 3.8) is 0 Å². The van der Waals surface area contributed by atoms with Gasteiger partial charge in [0.25, 0.3) is 5.91 Å². The number of hydrogen-bond acceptors (Lipinski definition) is 3. The zero-order valence-electron chi connectivity index (χ0n) is 16.7. The van der Waals surface area contributed by atoms with E-state index in [0.29, 0.717) is 0 Å². The summed E-state index contributed by atoms with van der Waals surface area (Å²) in [5, 5.41) is 0. The van der Waals surface area contributed by atoms with Crippen LogP contribution in [0.5, 0.6) is 0 Å². The zero-order valence-corrected chi connectivity index (χ0v) is 18.7. The van der Waals surface area contributed by atoms with E-state index in [1.54, 1.807) is 0 Å². The van der Waals surface area contributed by atoms with Crippen LogP contribution in [0.2, 0.25) is 38.3 Å². The molecule has 0 aromatic heterocycles. The number of nitrogens with zero attached hydrogens (tertiary/aromatic N) is 3. The topological polar surface area (TPSA) is 35.9 Å². The number of rotatable bonds is 1. The van der Waals surface area contributed by atoms with Crippen LogP contribution in [-0.4, -0.2) is 54.5 Å². The average molecular weight is 354 g/mol. The maximum Gasteiger partial charge on any atom is 0.252 e. The molecule has 132 valence electrons. The third-order valence-corrected chi connectivity index (χ3v) is 15.2. The second-order valence-electron chi connectivity index (χ2n) is 10.4. The van der Waals surface area contributed by atoms with E-state index in [1.807, 2.05) is 4.90 Å². The Bertz CT molecular complexity index is 525. The maximum absolute atomic E-state index is 13.1. The molecule has 4 nitrogen and oxygen atoms in total. The molecule has 2 aliphatic heterocycles. The van der Waals surface area contributed by atoms with Crippen LogP contribution < -0.4 is 0 Å². The van der Waals surface area contributed by atoms with Gasteiger partial charge in [0.15, 0.2) is 0 Å². The first-order valence-corrected chi connectivity index (χ1v) is 15.1. The highest BCUT2D eigenvalue weighted by molar-refractivity contribution is 6.96. The molecule has 1 unspecified atom stereocenters. The molecule has 23 heavy (non-hydrogen) atoms. The minimum atomic E-state index is -1.52. The van der Waals surface area contributed by atoms with Crippen LogP contribution in [0, 0.1) is 0 Å². The Labute approximate surface area is 144 Å². The van der Waals surface area contributed by atoms with Gasteiger partial charge < -0.3 is 4.23 Å². The Morgan fingerprint density at radius 3 is 1.74 bits per heavy atom. The largest absolute Gasteiger partial charge is 0.329 e. The monoisotopic (exact) mass is 353 g/mol. The number of aliphatic imine (C=N–C) groups is 1. The number of amides is 1. The van der Waals surface area contributed by atoms with Gasteiger partial charge in [0, 0.05) is 5.54 Å². The fourth-order valence-corrected chi connectivity index (χ4v) is 18.6. The summed E-state index contributed by atoms with van der Waals surface area (Å²) in [7, 11) is -3.04. The van der Waals surface area contributed by atoms with Crippen molar-refractivity contribution in [3.8, 4) is 0 Å². The summed E-state index contributed by atoms with van der Waals surface area (Å²) in [6.07, 6.45) is 0. The minimum Gasteiger partial charge on any atom is -0.329 e. The standard InChI is InChI=1S/C17H35N3OSi2/c1-16(2,3)18-14-13(15(21)19(14)17(4,5)6)20-22(7,8)11-12-23(20,9)10/h13H,11-12H2,1-10H3. The molecule has 0 N–H and O–H groups in total. The lowest BCUT2D eigenvalue weighted by Gasteiger charge is -2.56. The van der Waals surface area contributed by atoms with Crippen molar-refractivity contribution in [2.24, 2.45) is 4.99 Å². The van der Waals surface area contributed by atoms with E-state index in [2.05, 4.69) is 72.0 Å². The molecule has 2 heterocycles. The number of amidine groups is 1. The fraction of sp³-hybridized carbons (Fsp3) is 0.882. The summed E-state index contributed by atoms with van der Waals surface area (Å²) in [4.78, 5) is 20.1. The molecule has 0 aromatic carbocycles. The van der Waals surface area contributed by atoms with E-state index < -0.39 is 16.5 Å². The van der Waals surface area contributed by atoms with Gasteiger partial charge in [-0.3, -0.25) is 14.7 Å².